The number of nitrogens with two attached hydrogens (primary N) is 1. The second-order valence-electron chi connectivity index (χ2n) is 4.21. The summed E-state index contributed by atoms with van der Waals surface area (Å²) in [6, 6.07) is 3.07. The molecule has 0 heterocycles. The Balaban J connectivity index is 3.18. The average Bonchev–Trinajstić information content (AvgIpc) is 2.31. The Morgan fingerprint density at radius 2 is 2.00 bits per heavy atom. The zero-order chi connectivity index (χ0) is 15.5. The zero-order valence-electron chi connectivity index (χ0n) is 10.7. The van der Waals surface area contributed by atoms with E-state index in [1.165, 1.54) is 6.92 Å². The van der Waals surface area contributed by atoms with Crippen molar-refractivity contribution in [2.75, 3.05) is 0 Å². The number of carbonyl (C=O) groups is 2. The molecule has 0 aliphatic carbocycles. The third-order valence-corrected chi connectivity index (χ3v) is 4.88. The Morgan fingerprint density at radius 1 is 1.40 bits per heavy atom. The Kier molecular flexibility index (Phi) is 4.83. The number of amides is 1. The predicted molar refractivity (Wildman–Crippen MR) is 69.3 cm³/mol. The molecule has 0 fully saturated rings. The van der Waals surface area contributed by atoms with Crippen LogP contribution in [-0.4, -0.2) is 30.7 Å². The molecule has 110 valence electrons. The lowest BCUT2D eigenvalue weighted by Gasteiger charge is -2.12. The van der Waals surface area contributed by atoms with Gasteiger partial charge in [-0.15, -0.1) is 0 Å². The number of primary amides is 1. The molecule has 0 aliphatic rings. The zero-order valence-corrected chi connectivity index (χ0v) is 11.5. The van der Waals surface area contributed by atoms with Crippen LogP contribution < -0.4 is 5.73 Å². The van der Waals surface area contributed by atoms with E-state index in [1.807, 2.05) is 0 Å². The highest BCUT2D eigenvalue weighted by atomic mass is 32.2. The molecule has 0 saturated heterocycles. The number of halogens is 1. The molecule has 20 heavy (non-hydrogen) atoms. The molecule has 3 N–H and O–H groups in total. The number of benzene rings is 1. The summed E-state index contributed by atoms with van der Waals surface area (Å²) in [6.07, 6.45) is -0.130. The minimum atomic E-state index is -4.08. The minimum Gasteiger partial charge on any atom is -0.480 e. The summed E-state index contributed by atoms with van der Waals surface area (Å²) < 4.78 is 37.5. The van der Waals surface area contributed by atoms with Crippen molar-refractivity contribution in [3.05, 3.63) is 35.1 Å². The molecule has 1 aromatic rings. The van der Waals surface area contributed by atoms with Gasteiger partial charge < -0.3 is 10.8 Å². The molecule has 8 heteroatoms. The molecule has 1 unspecified atom stereocenters. The molecule has 0 aromatic heterocycles. The van der Waals surface area contributed by atoms with E-state index in [1.54, 1.807) is 0 Å². The largest absolute Gasteiger partial charge is 0.480 e. The number of hydrogen-bond donors (Lipinski definition) is 2. The molecule has 0 radical (unpaired) electrons. The molecular weight excluding hydrogens is 289 g/mol. The molecule has 0 spiro atoms. The van der Waals surface area contributed by atoms with Crippen molar-refractivity contribution in [2.24, 2.45) is 5.73 Å². The molecule has 1 aromatic carbocycles. The van der Waals surface area contributed by atoms with Gasteiger partial charge in [0, 0.05) is 11.1 Å². The van der Waals surface area contributed by atoms with Crippen molar-refractivity contribution < 1.29 is 27.5 Å². The minimum absolute atomic E-state index is 0.0417. The fraction of sp³-hybridized carbons (Fsp3) is 0.333. The lowest BCUT2D eigenvalue weighted by molar-refractivity contribution is -0.136. The smallest absolute Gasteiger partial charge is 0.321 e. The maximum absolute atomic E-state index is 13.6. The fourth-order valence-corrected chi connectivity index (χ4v) is 3.41. The summed E-state index contributed by atoms with van der Waals surface area (Å²) in [5, 5.41) is 7.24. The molecule has 1 amide bonds. The van der Waals surface area contributed by atoms with Gasteiger partial charge in [0.15, 0.2) is 15.1 Å². The number of sulfone groups is 1. The van der Waals surface area contributed by atoms with Crippen LogP contribution in [-0.2, 0) is 20.4 Å². The van der Waals surface area contributed by atoms with Crippen LogP contribution in [0.1, 0.15) is 29.3 Å². The lowest BCUT2D eigenvalue weighted by Crippen LogP contribution is -2.30. The molecule has 1 rings (SSSR count). The first kappa shape index (κ1) is 16.1. The van der Waals surface area contributed by atoms with Crippen molar-refractivity contribution in [2.45, 2.75) is 24.3 Å². The number of aliphatic carboxylic acids is 1. The normalized spacial score (nSPS) is 12.9. The van der Waals surface area contributed by atoms with Gasteiger partial charge in [0.05, 0.1) is 5.75 Å². The maximum Gasteiger partial charge on any atom is 0.321 e. The van der Waals surface area contributed by atoms with Gasteiger partial charge in [0.1, 0.15) is 5.82 Å². The second-order valence-corrected chi connectivity index (χ2v) is 6.40. The van der Waals surface area contributed by atoms with Crippen LogP contribution in [0.2, 0.25) is 0 Å². The Morgan fingerprint density at radius 3 is 2.45 bits per heavy atom. The van der Waals surface area contributed by atoms with Crippen LogP contribution in [0.25, 0.3) is 0 Å². The van der Waals surface area contributed by atoms with Gasteiger partial charge >= 0.3 is 5.97 Å². The maximum atomic E-state index is 13.6. The van der Waals surface area contributed by atoms with Crippen LogP contribution in [0, 0.1) is 5.82 Å². The first-order chi connectivity index (χ1) is 9.19. The highest BCUT2D eigenvalue weighted by molar-refractivity contribution is 7.92. The SMILES string of the molecule is CCC(C(=O)O)S(=O)(=O)Cc1cc(C(N)=O)ccc1F. The van der Waals surface area contributed by atoms with Crippen molar-refractivity contribution >= 4 is 21.7 Å². The highest BCUT2D eigenvalue weighted by Gasteiger charge is 2.31. The number of carboxylic acids is 1. The van der Waals surface area contributed by atoms with E-state index in [0.29, 0.717) is 0 Å². The highest BCUT2D eigenvalue weighted by Crippen LogP contribution is 2.18. The van der Waals surface area contributed by atoms with Gasteiger partial charge in [0.2, 0.25) is 5.91 Å². The fourth-order valence-electron chi connectivity index (χ4n) is 1.74. The number of carbonyl (C=O) groups excluding carboxylic acids is 1. The average molecular weight is 303 g/mol. The van der Waals surface area contributed by atoms with Gasteiger partial charge in [-0.05, 0) is 24.6 Å². The summed E-state index contributed by atoms with van der Waals surface area (Å²) >= 11 is 0. The van der Waals surface area contributed by atoms with Crippen molar-refractivity contribution in [1.82, 2.24) is 0 Å². The second kappa shape index (κ2) is 6.00. The van der Waals surface area contributed by atoms with Crippen LogP contribution in [0.3, 0.4) is 0 Å². The summed E-state index contributed by atoms with van der Waals surface area (Å²) in [5.74, 6) is -3.95. The molecule has 1 atom stereocenters. The van der Waals surface area contributed by atoms with E-state index < -0.39 is 38.5 Å². The summed E-state index contributed by atoms with van der Waals surface area (Å²) in [7, 11) is -4.08. The topological polar surface area (TPSA) is 115 Å². The van der Waals surface area contributed by atoms with E-state index in [2.05, 4.69) is 0 Å². The van der Waals surface area contributed by atoms with Crippen LogP contribution >= 0.6 is 0 Å². The number of carboxylic acid groups (broad SMARTS) is 1. The molecule has 6 nitrogen and oxygen atoms in total. The summed E-state index contributed by atoms with van der Waals surface area (Å²) in [4.78, 5) is 21.9. The van der Waals surface area contributed by atoms with Gasteiger partial charge in [-0.1, -0.05) is 6.92 Å². The third-order valence-electron chi connectivity index (χ3n) is 2.77. The number of hydrogen-bond acceptors (Lipinski definition) is 4. The van der Waals surface area contributed by atoms with E-state index in [-0.39, 0.29) is 17.5 Å². The van der Waals surface area contributed by atoms with Gasteiger partial charge in [0.25, 0.3) is 0 Å². The van der Waals surface area contributed by atoms with Gasteiger partial charge in [-0.2, -0.15) is 0 Å². The first-order valence-electron chi connectivity index (χ1n) is 5.71. The lowest BCUT2D eigenvalue weighted by atomic mass is 10.1. The number of rotatable bonds is 6. The van der Waals surface area contributed by atoms with Crippen LogP contribution in [0.5, 0.6) is 0 Å². The van der Waals surface area contributed by atoms with E-state index in [4.69, 9.17) is 10.8 Å². The van der Waals surface area contributed by atoms with Crippen molar-refractivity contribution in [1.29, 1.82) is 0 Å². The van der Waals surface area contributed by atoms with E-state index >= 15 is 0 Å². The quantitative estimate of drug-likeness (QED) is 0.803. The van der Waals surface area contributed by atoms with Crippen molar-refractivity contribution in [3.8, 4) is 0 Å². The Labute approximate surface area is 115 Å². The standard InChI is InChI=1S/C12H14FNO5S/c1-2-10(12(16)17)20(18,19)6-8-5-7(11(14)15)3-4-9(8)13/h3-5,10H,2,6H2,1H3,(H2,14,15)(H,16,17). The van der Waals surface area contributed by atoms with Gasteiger partial charge in [-0.3, -0.25) is 9.59 Å². The van der Waals surface area contributed by atoms with Gasteiger partial charge in [-0.25, -0.2) is 12.8 Å². The first-order valence-corrected chi connectivity index (χ1v) is 7.43. The molecular formula is C12H14FNO5S. The molecule has 0 aliphatic heterocycles. The van der Waals surface area contributed by atoms with E-state index in [9.17, 15) is 22.4 Å². The molecule has 0 saturated carbocycles. The third kappa shape index (κ3) is 3.53. The monoisotopic (exact) mass is 303 g/mol. The summed E-state index contributed by atoms with van der Waals surface area (Å²) in [5.41, 5.74) is 4.71. The van der Waals surface area contributed by atoms with Crippen LogP contribution in [0.15, 0.2) is 18.2 Å². The van der Waals surface area contributed by atoms with Crippen LogP contribution in [0.4, 0.5) is 4.39 Å². The Bertz CT molecular complexity index is 641. The summed E-state index contributed by atoms with van der Waals surface area (Å²) in [6.45, 7) is 1.41. The van der Waals surface area contributed by atoms with E-state index in [0.717, 1.165) is 18.2 Å². The Hall–Kier alpha value is -1.96. The predicted octanol–water partition coefficient (Wildman–Crippen LogP) is 0.703. The molecule has 0 bridgehead atoms. The van der Waals surface area contributed by atoms with Crippen molar-refractivity contribution in [3.63, 3.8) is 0 Å².